The average molecular weight is 281 g/mol. The molecule has 0 saturated carbocycles. The molecular weight excluding hydrogens is 262 g/mol. The predicted octanol–water partition coefficient (Wildman–Crippen LogP) is 1.04. The molecule has 7 nitrogen and oxygen atoms in total. The van der Waals surface area contributed by atoms with E-state index in [0.717, 1.165) is 0 Å². The molecule has 0 N–H and O–H groups in total. The molecule has 0 atom stereocenters. The van der Waals surface area contributed by atoms with Gasteiger partial charge < -0.3 is 14.4 Å². The van der Waals surface area contributed by atoms with Crippen LogP contribution >= 0.6 is 0 Å². The zero-order chi connectivity index (χ0) is 15.1. The van der Waals surface area contributed by atoms with Crippen molar-refractivity contribution in [2.75, 3.05) is 25.2 Å². The number of methoxy groups -OCH3 is 1. The summed E-state index contributed by atoms with van der Waals surface area (Å²) in [6, 6.07) is 3.17. The third-order valence-electron chi connectivity index (χ3n) is 2.57. The van der Waals surface area contributed by atoms with E-state index in [1.165, 1.54) is 13.2 Å². The predicted molar refractivity (Wildman–Crippen MR) is 72.5 cm³/mol. The van der Waals surface area contributed by atoms with Crippen LogP contribution in [-0.4, -0.2) is 48.4 Å². The van der Waals surface area contributed by atoms with Crippen LogP contribution in [0.1, 0.15) is 31.3 Å². The van der Waals surface area contributed by atoms with E-state index in [4.69, 9.17) is 4.74 Å². The first kappa shape index (κ1) is 15.9. The molecule has 110 valence electrons. The second-order valence-corrected chi connectivity index (χ2v) is 4.30. The van der Waals surface area contributed by atoms with Gasteiger partial charge in [-0.3, -0.25) is 4.79 Å². The Kier molecular flexibility index (Phi) is 5.89. The second kappa shape index (κ2) is 7.42. The van der Waals surface area contributed by atoms with Crippen LogP contribution in [0.2, 0.25) is 0 Å². The topological polar surface area (TPSA) is 81.6 Å². The number of carbonyl (C=O) groups is 2. The fourth-order valence-electron chi connectivity index (χ4n) is 1.57. The third-order valence-corrected chi connectivity index (χ3v) is 2.57. The van der Waals surface area contributed by atoms with Crippen LogP contribution in [0.3, 0.4) is 0 Å². The summed E-state index contributed by atoms with van der Waals surface area (Å²) in [6.07, 6.45) is 0. The van der Waals surface area contributed by atoms with Gasteiger partial charge in [0.2, 0.25) is 0 Å². The lowest BCUT2D eigenvalue weighted by Crippen LogP contribution is -2.37. The Bertz CT molecular complexity index is 459. The van der Waals surface area contributed by atoms with Gasteiger partial charge in [-0.1, -0.05) is 0 Å². The number of nitrogens with zero attached hydrogens (tertiary/aromatic N) is 3. The summed E-state index contributed by atoms with van der Waals surface area (Å²) in [5.74, 6) is -0.383. The van der Waals surface area contributed by atoms with Crippen molar-refractivity contribution in [3.8, 4) is 0 Å². The Morgan fingerprint density at radius 3 is 2.45 bits per heavy atom. The van der Waals surface area contributed by atoms with Crippen LogP contribution in [0.15, 0.2) is 12.1 Å². The number of hydrogen-bond donors (Lipinski definition) is 0. The van der Waals surface area contributed by atoms with E-state index in [1.807, 2.05) is 13.8 Å². The lowest BCUT2D eigenvalue weighted by Gasteiger charge is -2.26. The van der Waals surface area contributed by atoms with Crippen molar-refractivity contribution in [2.45, 2.75) is 26.8 Å². The fraction of sp³-hybridized carbons (Fsp3) is 0.538. The first-order valence-electron chi connectivity index (χ1n) is 6.33. The lowest BCUT2D eigenvalue weighted by molar-refractivity contribution is -0.141. The minimum Gasteiger partial charge on any atom is -0.465 e. The Morgan fingerprint density at radius 1 is 1.30 bits per heavy atom. The highest BCUT2D eigenvalue weighted by atomic mass is 16.5. The lowest BCUT2D eigenvalue weighted by atomic mass is 10.3. The molecule has 0 radical (unpaired) electrons. The van der Waals surface area contributed by atoms with Crippen molar-refractivity contribution in [2.24, 2.45) is 0 Å². The first-order valence-corrected chi connectivity index (χ1v) is 6.33. The molecular formula is C13H19N3O4. The summed E-state index contributed by atoms with van der Waals surface area (Å²) in [4.78, 5) is 24.6. The SMILES string of the molecule is CCOC(=O)CN(c1ccc(C(=O)OC)nn1)C(C)C. The van der Waals surface area contributed by atoms with Crippen molar-refractivity contribution < 1.29 is 19.1 Å². The van der Waals surface area contributed by atoms with Crippen LogP contribution < -0.4 is 4.90 Å². The normalized spacial score (nSPS) is 10.2. The van der Waals surface area contributed by atoms with Crippen LogP contribution in [0, 0.1) is 0 Å². The Balaban J connectivity index is 2.87. The molecule has 1 aromatic rings. The molecule has 0 aliphatic carbocycles. The molecule has 0 fully saturated rings. The number of carbonyl (C=O) groups excluding carboxylic acids is 2. The maximum absolute atomic E-state index is 11.6. The summed E-state index contributed by atoms with van der Waals surface area (Å²) >= 11 is 0. The minimum atomic E-state index is -0.550. The first-order chi connectivity index (χ1) is 9.49. The van der Waals surface area contributed by atoms with Gasteiger partial charge in [0.05, 0.1) is 13.7 Å². The van der Waals surface area contributed by atoms with Crippen molar-refractivity contribution in [1.29, 1.82) is 0 Å². The Hall–Kier alpha value is -2.18. The van der Waals surface area contributed by atoms with Gasteiger partial charge in [0.15, 0.2) is 11.5 Å². The molecule has 0 bridgehead atoms. The van der Waals surface area contributed by atoms with E-state index >= 15 is 0 Å². The highest BCUT2D eigenvalue weighted by Crippen LogP contribution is 2.13. The van der Waals surface area contributed by atoms with Gasteiger partial charge in [-0.15, -0.1) is 10.2 Å². The van der Waals surface area contributed by atoms with Crippen molar-refractivity contribution in [3.05, 3.63) is 17.8 Å². The van der Waals surface area contributed by atoms with Crippen LogP contribution in [0.25, 0.3) is 0 Å². The van der Waals surface area contributed by atoms with Gasteiger partial charge in [0.1, 0.15) is 6.54 Å². The van der Waals surface area contributed by atoms with Gasteiger partial charge in [-0.25, -0.2) is 4.79 Å². The van der Waals surface area contributed by atoms with E-state index in [9.17, 15) is 9.59 Å². The van der Waals surface area contributed by atoms with E-state index in [0.29, 0.717) is 12.4 Å². The number of ether oxygens (including phenoxy) is 2. The molecule has 1 heterocycles. The van der Waals surface area contributed by atoms with Crippen molar-refractivity contribution in [3.63, 3.8) is 0 Å². The highest BCUT2D eigenvalue weighted by Gasteiger charge is 2.18. The summed E-state index contributed by atoms with van der Waals surface area (Å²) in [5.41, 5.74) is 0.121. The van der Waals surface area contributed by atoms with E-state index in [1.54, 1.807) is 17.9 Å². The Morgan fingerprint density at radius 2 is 2.00 bits per heavy atom. The molecule has 0 aromatic carbocycles. The quantitative estimate of drug-likeness (QED) is 0.720. The smallest absolute Gasteiger partial charge is 0.358 e. The summed E-state index contributed by atoms with van der Waals surface area (Å²) in [7, 11) is 1.28. The number of anilines is 1. The molecule has 0 amide bonds. The van der Waals surface area contributed by atoms with E-state index < -0.39 is 5.97 Å². The van der Waals surface area contributed by atoms with Gasteiger partial charge in [0, 0.05) is 6.04 Å². The molecule has 0 aliphatic heterocycles. The summed E-state index contributed by atoms with van der Waals surface area (Å²) < 4.78 is 9.47. The van der Waals surface area contributed by atoms with Crippen LogP contribution in [0.4, 0.5) is 5.82 Å². The van der Waals surface area contributed by atoms with Gasteiger partial charge in [-0.2, -0.15) is 0 Å². The number of hydrogen-bond acceptors (Lipinski definition) is 7. The molecule has 0 unspecified atom stereocenters. The van der Waals surface area contributed by atoms with E-state index in [2.05, 4.69) is 14.9 Å². The molecule has 20 heavy (non-hydrogen) atoms. The average Bonchev–Trinajstić information content (AvgIpc) is 2.44. The van der Waals surface area contributed by atoms with Crippen molar-refractivity contribution in [1.82, 2.24) is 10.2 Å². The largest absolute Gasteiger partial charge is 0.465 e. The van der Waals surface area contributed by atoms with Gasteiger partial charge in [0.25, 0.3) is 0 Å². The summed E-state index contributed by atoms with van der Waals surface area (Å²) in [6.45, 7) is 6.02. The molecule has 0 spiro atoms. The Labute approximate surface area is 117 Å². The van der Waals surface area contributed by atoms with E-state index in [-0.39, 0.29) is 24.2 Å². The highest BCUT2D eigenvalue weighted by molar-refractivity contribution is 5.87. The second-order valence-electron chi connectivity index (χ2n) is 4.30. The van der Waals surface area contributed by atoms with Gasteiger partial charge in [-0.05, 0) is 32.9 Å². The number of esters is 2. The molecule has 0 saturated heterocycles. The zero-order valence-corrected chi connectivity index (χ0v) is 12.1. The van der Waals surface area contributed by atoms with Crippen molar-refractivity contribution >= 4 is 17.8 Å². The number of rotatable bonds is 6. The summed E-state index contributed by atoms with van der Waals surface area (Å²) in [5, 5.41) is 7.74. The molecule has 7 heteroatoms. The third kappa shape index (κ3) is 4.18. The number of aromatic nitrogens is 2. The maximum atomic E-state index is 11.6. The molecule has 1 aromatic heterocycles. The minimum absolute atomic E-state index is 0.0395. The van der Waals surface area contributed by atoms with Gasteiger partial charge >= 0.3 is 11.9 Å². The zero-order valence-electron chi connectivity index (χ0n) is 12.1. The van der Waals surface area contributed by atoms with Crippen LogP contribution in [0.5, 0.6) is 0 Å². The maximum Gasteiger partial charge on any atom is 0.358 e. The molecule has 0 aliphatic rings. The monoisotopic (exact) mass is 281 g/mol. The standard InChI is InChI=1S/C13H19N3O4/c1-5-20-12(17)8-16(9(2)3)11-7-6-10(14-15-11)13(18)19-4/h6-7,9H,5,8H2,1-4H3. The van der Waals surface area contributed by atoms with Crippen LogP contribution in [-0.2, 0) is 14.3 Å². The molecule has 1 rings (SSSR count). The fourth-order valence-corrected chi connectivity index (χ4v) is 1.57.